The van der Waals surface area contributed by atoms with E-state index < -0.39 is 0 Å². The van der Waals surface area contributed by atoms with Crippen LogP contribution in [0.25, 0.3) is 0 Å². The summed E-state index contributed by atoms with van der Waals surface area (Å²) in [6.45, 7) is 0. The van der Waals surface area contributed by atoms with Crippen molar-refractivity contribution in [3.05, 3.63) is 127 Å². The van der Waals surface area contributed by atoms with E-state index in [1.165, 1.54) is 16.9 Å². The van der Waals surface area contributed by atoms with Crippen LogP contribution in [0.15, 0.2) is 120 Å². The van der Waals surface area contributed by atoms with Crippen molar-refractivity contribution in [1.82, 2.24) is 4.98 Å². The molecule has 0 spiro atoms. The zero-order chi connectivity index (χ0) is 20.2. The summed E-state index contributed by atoms with van der Waals surface area (Å²) in [7, 11) is 0. The third kappa shape index (κ3) is 3.80. The number of aliphatic imine (C=N–C) groups is 1. The fourth-order valence-electron chi connectivity index (χ4n) is 3.72. The van der Waals surface area contributed by atoms with Crippen LogP contribution in [0.4, 0.5) is 11.4 Å². The number of pyridine rings is 1. The summed E-state index contributed by atoms with van der Waals surface area (Å²) in [5.74, 6) is 0. The summed E-state index contributed by atoms with van der Waals surface area (Å²) in [5.41, 5.74) is 4.61. The molecule has 0 radical (unpaired) electrons. The first-order valence-electron chi connectivity index (χ1n) is 10.0. The van der Waals surface area contributed by atoms with E-state index in [0.29, 0.717) is 0 Å². The standard InChI is InChI=1S/C26H21N3Se/c1-4-12-20(13-5-1)24-26(30-25(28-24)23-18-10-11-19-27-23)29(21-14-6-2-7-15-21)22-16-8-3-9-17-22/h1-19,24,26H/t24-,26+/m1/s1. The molecule has 2 atom stereocenters. The second-order valence-corrected chi connectivity index (χ2v) is 9.37. The number of para-hydroxylation sites is 2. The molecule has 1 aliphatic rings. The van der Waals surface area contributed by atoms with E-state index >= 15 is 0 Å². The molecule has 4 aromatic rings. The van der Waals surface area contributed by atoms with Gasteiger partial charge in [-0.2, -0.15) is 0 Å². The third-order valence-electron chi connectivity index (χ3n) is 5.11. The molecule has 3 aromatic carbocycles. The molecule has 0 aliphatic carbocycles. The van der Waals surface area contributed by atoms with Crippen molar-refractivity contribution in [3.63, 3.8) is 0 Å². The summed E-state index contributed by atoms with van der Waals surface area (Å²) in [6, 6.07) is 38.0. The van der Waals surface area contributed by atoms with Crippen molar-refractivity contribution in [1.29, 1.82) is 0 Å². The van der Waals surface area contributed by atoms with E-state index in [9.17, 15) is 0 Å². The molecular formula is C26H21N3Se. The topological polar surface area (TPSA) is 28.5 Å². The van der Waals surface area contributed by atoms with Crippen LogP contribution in [0.1, 0.15) is 17.3 Å². The van der Waals surface area contributed by atoms with Gasteiger partial charge < -0.3 is 0 Å². The molecule has 0 bridgehead atoms. The quantitative estimate of drug-likeness (QED) is 0.375. The summed E-state index contributed by atoms with van der Waals surface area (Å²) >= 11 is 0.126. The van der Waals surface area contributed by atoms with E-state index in [-0.39, 0.29) is 25.9 Å². The normalized spacial score (nSPS) is 18.1. The van der Waals surface area contributed by atoms with Crippen molar-refractivity contribution < 1.29 is 0 Å². The zero-order valence-electron chi connectivity index (χ0n) is 16.4. The summed E-state index contributed by atoms with van der Waals surface area (Å²) in [5, 5.41) is 0. The monoisotopic (exact) mass is 455 g/mol. The molecule has 146 valence electrons. The predicted octanol–water partition coefficient (Wildman–Crippen LogP) is 5.45. The number of hydrogen-bond acceptors (Lipinski definition) is 3. The van der Waals surface area contributed by atoms with Gasteiger partial charge in [0.15, 0.2) is 0 Å². The van der Waals surface area contributed by atoms with Gasteiger partial charge in [-0.3, -0.25) is 0 Å². The van der Waals surface area contributed by atoms with Crippen LogP contribution in [0.2, 0.25) is 0 Å². The molecule has 0 amide bonds. The van der Waals surface area contributed by atoms with E-state index in [1.807, 2.05) is 18.3 Å². The van der Waals surface area contributed by atoms with E-state index in [0.717, 1.165) is 10.3 Å². The molecule has 3 nitrogen and oxygen atoms in total. The van der Waals surface area contributed by atoms with E-state index in [4.69, 9.17) is 4.99 Å². The van der Waals surface area contributed by atoms with Gasteiger partial charge in [-0.15, -0.1) is 0 Å². The first kappa shape index (κ1) is 18.8. The molecular weight excluding hydrogens is 433 g/mol. The number of benzene rings is 3. The molecule has 30 heavy (non-hydrogen) atoms. The van der Waals surface area contributed by atoms with Crippen molar-refractivity contribution in [2.45, 2.75) is 11.0 Å². The first-order valence-corrected chi connectivity index (χ1v) is 11.8. The Kier molecular flexibility index (Phi) is 5.43. The maximum absolute atomic E-state index is 5.22. The molecule has 5 rings (SSSR count). The number of hydrogen-bond donors (Lipinski definition) is 0. The fraction of sp³-hybridized carbons (Fsp3) is 0.0769. The second kappa shape index (κ2) is 8.66. The van der Waals surface area contributed by atoms with Gasteiger partial charge in [0.1, 0.15) is 0 Å². The summed E-state index contributed by atoms with van der Waals surface area (Å²) in [4.78, 5) is 12.5. The predicted molar refractivity (Wildman–Crippen MR) is 125 cm³/mol. The van der Waals surface area contributed by atoms with Crippen molar-refractivity contribution >= 4 is 30.9 Å². The van der Waals surface area contributed by atoms with Crippen LogP contribution in [-0.2, 0) is 0 Å². The Balaban J connectivity index is 1.62. The Morgan fingerprint density at radius 1 is 0.633 bits per heavy atom. The molecule has 0 saturated heterocycles. The van der Waals surface area contributed by atoms with Gasteiger partial charge in [0, 0.05) is 0 Å². The first-order chi connectivity index (χ1) is 14.9. The van der Waals surface area contributed by atoms with Gasteiger partial charge in [0.25, 0.3) is 0 Å². The van der Waals surface area contributed by atoms with Crippen LogP contribution >= 0.6 is 0 Å². The number of anilines is 2. The van der Waals surface area contributed by atoms with Crippen molar-refractivity contribution in [3.8, 4) is 0 Å². The minimum absolute atomic E-state index is 0.0589. The molecule has 1 aliphatic heterocycles. The average Bonchev–Trinajstić information content (AvgIpc) is 3.27. The Hall–Kier alpha value is -3.20. The number of aromatic nitrogens is 1. The molecule has 1 aromatic heterocycles. The van der Waals surface area contributed by atoms with Crippen LogP contribution in [0.3, 0.4) is 0 Å². The van der Waals surface area contributed by atoms with Gasteiger partial charge in [0.2, 0.25) is 0 Å². The van der Waals surface area contributed by atoms with Crippen molar-refractivity contribution in [2.24, 2.45) is 4.99 Å². The van der Waals surface area contributed by atoms with Crippen molar-refractivity contribution in [2.75, 3.05) is 4.90 Å². The van der Waals surface area contributed by atoms with Gasteiger partial charge in [-0.1, -0.05) is 0 Å². The third-order valence-corrected chi connectivity index (χ3v) is 7.73. The Labute approximate surface area is 183 Å². The van der Waals surface area contributed by atoms with Gasteiger partial charge in [-0.05, 0) is 0 Å². The summed E-state index contributed by atoms with van der Waals surface area (Å²) in [6.07, 6.45) is 1.85. The van der Waals surface area contributed by atoms with Gasteiger partial charge in [-0.25, -0.2) is 0 Å². The van der Waals surface area contributed by atoms with Crippen LogP contribution < -0.4 is 4.90 Å². The average molecular weight is 454 g/mol. The molecule has 0 fully saturated rings. The Bertz CT molecular complexity index is 1080. The maximum atomic E-state index is 5.22. The van der Waals surface area contributed by atoms with Gasteiger partial charge in [0.05, 0.1) is 0 Å². The van der Waals surface area contributed by atoms with Gasteiger partial charge >= 0.3 is 183 Å². The van der Waals surface area contributed by atoms with E-state index in [1.54, 1.807) is 0 Å². The fourth-order valence-corrected chi connectivity index (χ4v) is 6.53. The molecule has 0 N–H and O–H groups in total. The van der Waals surface area contributed by atoms with Crippen LogP contribution in [0.5, 0.6) is 0 Å². The summed E-state index contributed by atoms with van der Waals surface area (Å²) < 4.78 is 1.12. The zero-order valence-corrected chi connectivity index (χ0v) is 18.1. The number of nitrogens with zero attached hydrogens (tertiary/aromatic N) is 3. The minimum atomic E-state index is 0.0589. The Morgan fingerprint density at radius 2 is 1.20 bits per heavy atom. The molecule has 4 heteroatoms. The SMILES string of the molecule is c1ccc([C@H]2N=C(c3ccccn3)[Se][C@@H]2N(c2ccccc2)c2ccccc2)cc1. The molecule has 0 saturated carbocycles. The van der Waals surface area contributed by atoms with E-state index in [2.05, 4.69) is 107 Å². The second-order valence-electron chi connectivity index (χ2n) is 7.05. The molecule has 2 heterocycles. The number of rotatable bonds is 5. The Morgan fingerprint density at radius 3 is 1.77 bits per heavy atom. The van der Waals surface area contributed by atoms with Crippen LogP contribution in [0, 0.1) is 0 Å². The molecule has 0 unspecified atom stereocenters. The van der Waals surface area contributed by atoms with Crippen LogP contribution in [-0.4, -0.2) is 29.5 Å².